The maximum absolute atomic E-state index is 13.7. The van der Waals surface area contributed by atoms with Crippen LogP contribution >= 0.6 is 11.3 Å². The highest BCUT2D eigenvalue weighted by molar-refractivity contribution is 7.15. The van der Waals surface area contributed by atoms with Crippen LogP contribution < -0.4 is 15.4 Å². The molecule has 1 aromatic heterocycles. The number of halogens is 2. The summed E-state index contributed by atoms with van der Waals surface area (Å²) >= 11 is 1.17. The smallest absolute Gasteiger partial charge is 0.261 e. The first kappa shape index (κ1) is 24.8. The standard InChI is InChI=1S/C25H28F2N2O3S/c1-3-16-5-4-6-17(9-16)14-28-15-22(30)21(12-18-10-19(26)13-20(27)11-18)29-25(31)23-7-8-24(32-2)33-23/h4-11,13,21-22,28,30H,3,12,14-15H2,1-2H3,(H,29,31). The Kier molecular flexibility index (Phi) is 8.94. The predicted octanol–water partition coefficient (Wildman–Crippen LogP) is 4.09. The molecule has 0 saturated heterocycles. The van der Waals surface area contributed by atoms with E-state index in [4.69, 9.17) is 4.74 Å². The number of benzene rings is 2. The molecular formula is C25H28F2N2O3S. The zero-order chi connectivity index (χ0) is 23.8. The van der Waals surface area contributed by atoms with Crippen molar-refractivity contribution < 1.29 is 23.4 Å². The minimum atomic E-state index is -0.989. The predicted molar refractivity (Wildman–Crippen MR) is 126 cm³/mol. The number of nitrogens with one attached hydrogen (secondary N) is 2. The monoisotopic (exact) mass is 474 g/mol. The fourth-order valence-corrected chi connectivity index (χ4v) is 4.25. The minimum Gasteiger partial charge on any atom is -0.487 e. The van der Waals surface area contributed by atoms with Gasteiger partial charge in [0, 0.05) is 19.2 Å². The van der Waals surface area contributed by atoms with Gasteiger partial charge in [-0.1, -0.05) is 42.5 Å². The van der Waals surface area contributed by atoms with Gasteiger partial charge in [-0.3, -0.25) is 4.79 Å². The quantitative estimate of drug-likeness (QED) is 0.392. The van der Waals surface area contributed by atoms with Gasteiger partial charge in [0.15, 0.2) is 5.06 Å². The van der Waals surface area contributed by atoms with E-state index in [1.165, 1.54) is 36.1 Å². The van der Waals surface area contributed by atoms with Gasteiger partial charge in [0.1, 0.15) is 11.6 Å². The molecule has 3 rings (SSSR count). The summed E-state index contributed by atoms with van der Waals surface area (Å²) < 4.78 is 32.5. The second-order valence-electron chi connectivity index (χ2n) is 7.76. The first-order valence-electron chi connectivity index (χ1n) is 10.7. The molecule has 0 aliphatic carbocycles. The fraction of sp³-hybridized carbons (Fsp3) is 0.320. The van der Waals surface area contributed by atoms with E-state index in [0.717, 1.165) is 18.1 Å². The van der Waals surface area contributed by atoms with Crippen molar-refractivity contribution in [2.75, 3.05) is 13.7 Å². The molecule has 176 valence electrons. The summed E-state index contributed by atoms with van der Waals surface area (Å²) in [6, 6.07) is 13.9. The first-order chi connectivity index (χ1) is 15.9. The maximum atomic E-state index is 13.7. The molecule has 2 atom stereocenters. The number of hydrogen-bond acceptors (Lipinski definition) is 5. The first-order valence-corrected chi connectivity index (χ1v) is 11.6. The van der Waals surface area contributed by atoms with Crippen molar-refractivity contribution in [3.8, 4) is 5.06 Å². The van der Waals surface area contributed by atoms with Crippen LogP contribution in [0.2, 0.25) is 0 Å². The van der Waals surface area contributed by atoms with Crippen LogP contribution in [0.15, 0.2) is 54.6 Å². The molecule has 8 heteroatoms. The highest BCUT2D eigenvalue weighted by Crippen LogP contribution is 2.24. The normalized spacial score (nSPS) is 12.9. The van der Waals surface area contributed by atoms with Crippen LogP contribution in [0.5, 0.6) is 5.06 Å². The number of methoxy groups -OCH3 is 1. The van der Waals surface area contributed by atoms with Gasteiger partial charge in [0.25, 0.3) is 5.91 Å². The van der Waals surface area contributed by atoms with E-state index in [1.807, 2.05) is 12.1 Å². The minimum absolute atomic E-state index is 0.0666. The molecule has 0 saturated carbocycles. The van der Waals surface area contributed by atoms with Crippen molar-refractivity contribution in [1.82, 2.24) is 10.6 Å². The third kappa shape index (κ3) is 7.35. The Bertz CT molecular complexity index is 1050. The summed E-state index contributed by atoms with van der Waals surface area (Å²) in [5.74, 6) is -1.80. The van der Waals surface area contributed by atoms with Crippen LogP contribution in [0.4, 0.5) is 8.78 Å². The summed E-state index contributed by atoms with van der Waals surface area (Å²) in [4.78, 5) is 13.2. The molecule has 33 heavy (non-hydrogen) atoms. The summed E-state index contributed by atoms with van der Waals surface area (Å²) in [5, 5.41) is 17.4. The van der Waals surface area contributed by atoms with E-state index in [2.05, 4.69) is 29.7 Å². The molecule has 0 aliphatic heterocycles. The Morgan fingerprint density at radius 2 is 1.79 bits per heavy atom. The number of ether oxygens (including phenoxy) is 1. The molecule has 0 bridgehead atoms. The Morgan fingerprint density at radius 3 is 2.45 bits per heavy atom. The van der Waals surface area contributed by atoms with E-state index in [-0.39, 0.29) is 18.9 Å². The number of hydrogen-bond donors (Lipinski definition) is 3. The molecule has 0 spiro atoms. The molecule has 2 unspecified atom stereocenters. The Morgan fingerprint density at radius 1 is 1.06 bits per heavy atom. The average Bonchev–Trinajstić information content (AvgIpc) is 3.27. The van der Waals surface area contributed by atoms with Crippen molar-refractivity contribution >= 4 is 17.2 Å². The molecule has 1 amide bonds. The van der Waals surface area contributed by atoms with Gasteiger partial charge in [-0.15, -0.1) is 0 Å². The van der Waals surface area contributed by atoms with Crippen molar-refractivity contribution in [1.29, 1.82) is 0 Å². The average molecular weight is 475 g/mol. The molecule has 1 heterocycles. The van der Waals surface area contributed by atoms with Gasteiger partial charge < -0.3 is 20.5 Å². The topological polar surface area (TPSA) is 70.6 Å². The number of aliphatic hydroxyl groups excluding tert-OH is 1. The van der Waals surface area contributed by atoms with Crippen LogP contribution in [-0.4, -0.2) is 36.8 Å². The lowest BCUT2D eigenvalue weighted by atomic mass is 10.0. The van der Waals surface area contributed by atoms with Crippen LogP contribution in [0.1, 0.15) is 33.3 Å². The lowest BCUT2D eigenvalue weighted by molar-refractivity contribution is 0.0833. The molecule has 3 aromatic rings. The lowest BCUT2D eigenvalue weighted by Crippen LogP contribution is -2.48. The summed E-state index contributed by atoms with van der Waals surface area (Å²) in [7, 11) is 1.51. The zero-order valence-electron chi connectivity index (χ0n) is 18.6. The van der Waals surface area contributed by atoms with Crippen molar-refractivity contribution in [3.63, 3.8) is 0 Å². The number of aliphatic hydroxyl groups is 1. The molecule has 0 aliphatic rings. The number of rotatable bonds is 11. The van der Waals surface area contributed by atoms with Gasteiger partial charge in [0.05, 0.1) is 24.1 Å². The molecular weight excluding hydrogens is 446 g/mol. The van der Waals surface area contributed by atoms with Gasteiger partial charge in [0.2, 0.25) is 0 Å². The van der Waals surface area contributed by atoms with Crippen LogP contribution in [0.25, 0.3) is 0 Å². The van der Waals surface area contributed by atoms with E-state index in [0.29, 0.717) is 22.0 Å². The summed E-state index contributed by atoms with van der Waals surface area (Å²) in [6.45, 7) is 2.82. The number of carbonyl (C=O) groups is 1. The van der Waals surface area contributed by atoms with Crippen LogP contribution in [-0.2, 0) is 19.4 Å². The maximum Gasteiger partial charge on any atom is 0.261 e. The molecule has 3 N–H and O–H groups in total. The van der Waals surface area contributed by atoms with Crippen LogP contribution in [0.3, 0.4) is 0 Å². The van der Waals surface area contributed by atoms with E-state index in [1.54, 1.807) is 12.1 Å². The summed E-state index contributed by atoms with van der Waals surface area (Å²) in [6.07, 6.45) is 0.0100. The SMILES string of the molecule is CCc1cccc(CNCC(O)C(Cc2cc(F)cc(F)c2)NC(=O)c2ccc(OC)s2)c1. The second kappa shape index (κ2) is 11.9. The highest BCUT2D eigenvalue weighted by Gasteiger charge is 2.24. The number of carbonyl (C=O) groups excluding carboxylic acids is 1. The zero-order valence-corrected chi connectivity index (χ0v) is 19.4. The Labute approximate surface area is 196 Å². The lowest BCUT2D eigenvalue weighted by Gasteiger charge is -2.25. The second-order valence-corrected chi connectivity index (χ2v) is 8.80. The van der Waals surface area contributed by atoms with Crippen molar-refractivity contribution in [2.45, 2.75) is 38.5 Å². The Hall–Kier alpha value is -2.81. The van der Waals surface area contributed by atoms with Gasteiger partial charge in [-0.25, -0.2) is 8.78 Å². The van der Waals surface area contributed by atoms with E-state index >= 15 is 0 Å². The Balaban J connectivity index is 1.69. The number of amides is 1. The van der Waals surface area contributed by atoms with Gasteiger partial charge in [-0.05, 0) is 53.8 Å². The third-order valence-electron chi connectivity index (χ3n) is 5.25. The summed E-state index contributed by atoms with van der Waals surface area (Å²) in [5.41, 5.74) is 2.65. The largest absolute Gasteiger partial charge is 0.487 e. The molecule has 0 fully saturated rings. The van der Waals surface area contributed by atoms with Crippen LogP contribution in [0, 0.1) is 11.6 Å². The van der Waals surface area contributed by atoms with Crippen molar-refractivity contribution in [3.05, 3.63) is 87.8 Å². The van der Waals surface area contributed by atoms with Gasteiger partial charge >= 0.3 is 0 Å². The third-order valence-corrected chi connectivity index (χ3v) is 6.29. The van der Waals surface area contributed by atoms with Gasteiger partial charge in [-0.2, -0.15) is 0 Å². The van der Waals surface area contributed by atoms with E-state index in [9.17, 15) is 18.7 Å². The number of thiophene rings is 1. The number of aryl methyl sites for hydroxylation is 1. The molecule has 0 radical (unpaired) electrons. The fourth-order valence-electron chi connectivity index (χ4n) is 3.52. The van der Waals surface area contributed by atoms with Crippen molar-refractivity contribution in [2.24, 2.45) is 0 Å². The molecule has 5 nitrogen and oxygen atoms in total. The highest BCUT2D eigenvalue weighted by atomic mass is 32.1. The van der Waals surface area contributed by atoms with E-state index < -0.39 is 23.8 Å². The molecule has 2 aromatic carbocycles.